The lowest BCUT2D eigenvalue weighted by Gasteiger charge is -2.17. The van der Waals surface area contributed by atoms with Gasteiger partial charge >= 0.3 is 0 Å². The summed E-state index contributed by atoms with van der Waals surface area (Å²) in [4.78, 5) is 32.3. The normalized spacial score (nSPS) is 18.3. The van der Waals surface area contributed by atoms with Crippen molar-refractivity contribution in [2.75, 3.05) is 6.54 Å². The van der Waals surface area contributed by atoms with Crippen LogP contribution < -0.4 is 16.0 Å². The molecule has 1 aliphatic heterocycles. The molecular formula is C22H26Cl3N5O2. The van der Waals surface area contributed by atoms with Crippen molar-refractivity contribution in [3.63, 3.8) is 0 Å². The molecule has 0 bridgehead atoms. The number of aromatic amines is 1. The van der Waals surface area contributed by atoms with Crippen molar-refractivity contribution in [1.29, 1.82) is 0 Å². The Bertz CT molecular complexity index is 1060. The number of nitrogens with zero attached hydrogens (tertiary/aromatic N) is 1. The van der Waals surface area contributed by atoms with E-state index in [-0.39, 0.29) is 42.7 Å². The molecule has 1 aromatic carbocycles. The summed E-state index contributed by atoms with van der Waals surface area (Å²) in [6.45, 7) is 2.74. The van der Waals surface area contributed by atoms with Crippen molar-refractivity contribution in [2.45, 2.75) is 37.9 Å². The Hall–Kier alpha value is -2.32. The number of nitrogens with one attached hydrogen (secondary N) is 4. The minimum atomic E-state index is -0.636. The zero-order valence-electron chi connectivity index (χ0n) is 17.4. The van der Waals surface area contributed by atoms with Gasteiger partial charge in [0.05, 0.1) is 11.1 Å². The first kappa shape index (κ1) is 25.9. The largest absolute Gasteiger partial charge is 0.350 e. The topological polar surface area (TPSA) is 98.9 Å². The highest BCUT2D eigenvalue weighted by molar-refractivity contribution is 6.35. The highest BCUT2D eigenvalue weighted by atomic mass is 35.5. The number of fused-ring (bicyclic) bond motifs is 1. The molecule has 3 atom stereocenters. The number of amides is 2. The smallest absolute Gasteiger partial charge is 0.242 e. The molecule has 0 saturated carbocycles. The molecule has 1 aliphatic rings. The maximum atomic E-state index is 12.6. The number of halogens is 3. The summed E-state index contributed by atoms with van der Waals surface area (Å²) < 4.78 is 0. The summed E-state index contributed by atoms with van der Waals surface area (Å²) in [5.41, 5.74) is 2.76. The summed E-state index contributed by atoms with van der Waals surface area (Å²) in [5.74, 6) is -0.103. The summed E-state index contributed by atoms with van der Waals surface area (Å²) in [7, 11) is 0. The molecule has 3 heterocycles. The molecule has 3 aromatic rings. The Kier molecular flexibility index (Phi) is 9.33. The van der Waals surface area contributed by atoms with Gasteiger partial charge in [-0.15, -0.1) is 24.8 Å². The molecule has 172 valence electrons. The molecule has 2 amide bonds. The molecule has 0 radical (unpaired) electrons. The standard InChI is InChI=1S/C22H24ClN5O2.2ClH/c1-13(21(29)27-10-14-7-17-18(23)12-26-20(17)25-9-14)28-22(30)19-8-16(11-24-19)15-5-3-2-4-6-15;;/h2-7,9,12-13,16,19,24H,8,10-11H2,1H3,(H,25,26)(H,27,29)(H,28,30);2*1H/t13-,16-,19+;;/m0../s1. The lowest BCUT2D eigenvalue weighted by atomic mass is 9.96. The van der Waals surface area contributed by atoms with E-state index in [0.717, 1.165) is 17.5 Å². The summed E-state index contributed by atoms with van der Waals surface area (Å²) >= 11 is 6.11. The van der Waals surface area contributed by atoms with Gasteiger partial charge in [-0.1, -0.05) is 41.9 Å². The summed E-state index contributed by atoms with van der Waals surface area (Å²) in [5, 5.41) is 10.3. The zero-order chi connectivity index (χ0) is 21.1. The quantitative estimate of drug-likeness (QED) is 0.419. The zero-order valence-corrected chi connectivity index (χ0v) is 19.8. The van der Waals surface area contributed by atoms with Crippen molar-refractivity contribution >= 4 is 59.3 Å². The van der Waals surface area contributed by atoms with E-state index < -0.39 is 6.04 Å². The second-order valence-corrected chi connectivity index (χ2v) is 8.04. The summed E-state index contributed by atoms with van der Waals surface area (Å²) in [6.07, 6.45) is 4.08. The molecule has 10 heteroatoms. The highest BCUT2D eigenvalue weighted by Crippen LogP contribution is 2.25. The third-order valence-electron chi connectivity index (χ3n) is 5.47. The fourth-order valence-electron chi connectivity index (χ4n) is 3.75. The van der Waals surface area contributed by atoms with E-state index >= 15 is 0 Å². The van der Waals surface area contributed by atoms with E-state index in [0.29, 0.717) is 29.6 Å². The van der Waals surface area contributed by atoms with Gasteiger partial charge in [-0.25, -0.2) is 4.98 Å². The van der Waals surface area contributed by atoms with E-state index in [2.05, 4.69) is 38.1 Å². The Balaban J connectivity index is 0.00000181. The van der Waals surface area contributed by atoms with Gasteiger partial charge in [0.25, 0.3) is 0 Å². The maximum absolute atomic E-state index is 12.6. The molecule has 1 saturated heterocycles. The van der Waals surface area contributed by atoms with Crippen LogP contribution in [0.15, 0.2) is 48.8 Å². The number of rotatable bonds is 6. The average Bonchev–Trinajstić information content (AvgIpc) is 3.40. The molecule has 2 aromatic heterocycles. The SMILES string of the molecule is C[C@H](NC(=O)[C@H]1C[C@H](c2ccccc2)CN1)C(=O)NCc1cnc2[nH]cc(Cl)c2c1.Cl.Cl. The lowest BCUT2D eigenvalue weighted by molar-refractivity contribution is -0.129. The van der Waals surface area contributed by atoms with E-state index in [1.807, 2.05) is 24.3 Å². The molecule has 0 unspecified atom stereocenters. The minimum absolute atomic E-state index is 0. The Morgan fingerprint density at radius 1 is 1.25 bits per heavy atom. The molecule has 0 aliphatic carbocycles. The number of pyridine rings is 1. The van der Waals surface area contributed by atoms with Crippen LogP contribution in [0.3, 0.4) is 0 Å². The number of H-pyrrole nitrogens is 1. The molecule has 7 nitrogen and oxygen atoms in total. The van der Waals surface area contributed by atoms with E-state index in [1.165, 1.54) is 5.56 Å². The van der Waals surface area contributed by atoms with Gasteiger partial charge < -0.3 is 20.9 Å². The fraction of sp³-hybridized carbons (Fsp3) is 0.318. The molecule has 4 rings (SSSR count). The van der Waals surface area contributed by atoms with E-state index in [1.54, 1.807) is 19.3 Å². The molecule has 32 heavy (non-hydrogen) atoms. The number of hydrogen-bond donors (Lipinski definition) is 4. The van der Waals surface area contributed by atoms with Gasteiger partial charge in [-0.05, 0) is 36.5 Å². The fourth-order valence-corrected chi connectivity index (χ4v) is 3.95. The van der Waals surface area contributed by atoms with Crippen LogP contribution in [0, 0.1) is 0 Å². The number of aromatic nitrogens is 2. The lowest BCUT2D eigenvalue weighted by Crippen LogP contribution is -2.49. The number of hydrogen-bond acceptors (Lipinski definition) is 4. The monoisotopic (exact) mass is 497 g/mol. The van der Waals surface area contributed by atoms with Crippen LogP contribution in [-0.4, -0.2) is 40.4 Å². The second-order valence-electron chi connectivity index (χ2n) is 7.63. The van der Waals surface area contributed by atoms with Crippen LogP contribution >= 0.6 is 36.4 Å². The van der Waals surface area contributed by atoms with Gasteiger partial charge in [0.15, 0.2) is 0 Å². The van der Waals surface area contributed by atoms with Crippen molar-refractivity contribution in [2.24, 2.45) is 0 Å². The minimum Gasteiger partial charge on any atom is -0.350 e. The van der Waals surface area contributed by atoms with E-state index in [4.69, 9.17) is 11.6 Å². The van der Waals surface area contributed by atoms with Crippen molar-refractivity contribution in [1.82, 2.24) is 25.9 Å². The molecule has 4 N–H and O–H groups in total. The molecule has 1 fully saturated rings. The van der Waals surface area contributed by atoms with Crippen LogP contribution in [0.25, 0.3) is 11.0 Å². The van der Waals surface area contributed by atoms with Gasteiger partial charge in [0.2, 0.25) is 11.8 Å². The van der Waals surface area contributed by atoms with Gasteiger partial charge in [0, 0.05) is 30.9 Å². The third-order valence-corrected chi connectivity index (χ3v) is 5.79. The predicted molar refractivity (Wildman–Crippen MR) is 131 cm³/mol. The number of benzene rings is 1. The van der Waals surface area contributed by atoms with Crippen molar-refractivity contribution < 1.29 is 9.59 Å². The number of carbonyl (C=O) groups excluding carboxylic acids is 2. The summed E-state index contributed by atoms with van der Waals surface area (Å²) in [6, 6.07) is 11.1. The first-order valence-corrected chi connectivity index (χ1v) is 10.4. The third kappa shape index (κ3) is 5.92. The molecule has 0 spiro atoms. The Labute approximate surface area is 203 Å². The van der Waals surface area contributed by atoms with Crippen LogP contribution in [0.5, 0.6) is 0 Å². The van der Waals surface area contributed by atoms with E-state index in [9.17, 15) is 9.59 Å². The highest BCUT2D eigenvalue weighted by Gasteiger charge is 2.31. The van der Waals surface area contributed by atoms with Crippen LogP contribution in [-0.2, 0) is 16.1 Å². The van der Waals surface area contributed by atoms with Crippen LogP contribution in [0.1, 0.15) is 30.4 Å². The first-order valence-electron chi connectivity index (χ1n) is 9.99. The van der Waals surface area contributed by atoms with Crippen molar-refractivity contribution in [3.05, 3.63) is 64.9 Å². The van der Waals surface area contributed by atoms with Gasteiger partial charge in [-0.2, -0.15) is 0 Å². The Morgan fingerprint density at radius 2 is 2.00 bits per heavy atom. The predicted octanol–water partition coefficient (Wildman–Crippen LogP) is 3.33. The van der Waals surface area contributed by atoms with Crippen LogP contribution in [0.4, 0.5) is 0 Å². The molecular weight excluding hydrogens is 473 g/mol. The number of carbonyl (C=O) groups is 2. The van der Waals surface area contributed by atoms with Crippen LogP contribution in [0.2, 0.25) is 5.02 Å². The second kappa shape index (κ2) is 11.5. The van der Waals surface area contributed by atoms with Crippen molar-refractivity contribution in [3.8, 4) is 0 Å². The maximum Gasteiger partial charge on any atom is 0.242 e. The average molecular weight is 499 g/mol. The van der Waals surface area contributed by atoms with Gasteiger partial charge in [0.1, 0.15) is 11.7 Å². The Morgan fingerprint density at radius 3 is 2.75 bits per heavy atom. The first-order chi connectivity index (χ1) is 14.5. The van der Waals surface area contributed by atoms with Gasteiger partial charge in [-0.3, -0.25) is 9.59 Å².